The molecule has 0 radical (unpaired) electrons. The lowest BCUT2D eigenvalue weighted by Gasteiger charge is -2.20. The van der Waals surface area contributed by atoms with Crippen LogP contribution < -0.4 is 11.2 Å². The Hall–Kier alpha value is -1.24. The van der Waals surface area contributed by atoms with Crippen molar-refractivity contribution in [1.82, 2.24) is 20.2 Å². The summed E-state index contributed by atoms with van der Waals surface area (Å²) < 4.78 is 1.60. The molecule has 24 heavy (non-hydrogen) atoms. The molecule has 0 spiro atoms. The molecule has 0 bridgehead atoms. The van der Waals surface area contributed by atoms with E-state index in [0.29, 0.717) is 22.9 Å². The largest absolute Gasteiger partial charge is 0.353 e. The minimum absolute atomic E-state index is 0.0779. The number of nitrogens with two attached hydrogens (primary N) is 1. The van der Waals surface area contributed by atoms with E-state index < -0.39 is 0 Å². The molecule has 0 aromatic carbocycles. The van der Waals surface area contributed by atoms with E-state index in [9.17, 15) is 4.79 Å². The van der Waals surface area contributed by atoms with Crippen molar-refractivity contribution in [2.45, 2.75) is 87.7 Å². The van der Waals surface area contributed by atoms with Crippen molar-refractivity contribution in [3.63, 3.8) is 0 Å². The van der Waals surface area contributed by atoms with Gasteiger partial charge in [-0.25, -0.2) is 4.68 Å². The molecule has 0 aliphatic heterocycles. The van der Waals surface area contributed by atoms with E-state index in [1.54, 1.807) is 4.68 Å². The second kappa shape index (κ2) is 8.74. The average Bonchev–Trinajstić information content (AvgIpc) is 2.79. The summed E-state index contributed by atoms with van der Waals surface area (Å²) in [5, 5.41) is 12.3. The molecule has 2 saturated carbocycles. The number of nitrogen functional groups attached to an aromatic ring is 1. The molecule has 0 unspecified atom stereocenters. The van der Waals surface area contributed by atoms with Crippen LogP contribution in [0.25, 0.3) is 0 Å². The zero-order valence-corrected chi connectivity index (χ0v) is 15.2. The Kier molecular flexibility index (Phi) is 6.40. The van der Waals surface area contributed by atoms with Gasteiger partial charge in [-0.05, 0) is 25.7 Å². The Balaban J connectivity index is 1.49. The van der Waals surface area contributed by atoms with E-state index in [-0.39, 0.29) is 5.91 Å². The Morgan fingerprint density at radius 2 is 1.67 bits per heavy atom. The summed E-state index contributed by atoms with van der Waals surface area (Å²) in [5.41, 5.74) is 0. The number of amides is 1. The highest BCUT2D eigenvalue weighted by molar-refractivity contribution is 7.99. The first-order valence-electron chi connectivity index (χ1n) is 9.36. The average molecular weight is 352 g/mol. The van der Waals surface area contributed by atoms with E-state index in [0.717, 1.165) is 31.5 Å². The van der Waals surface area contributed by atoms with Gasteiger partial charge in [0.2, 0.25) is 11.1 Å². The van der Waals surface area contributed by atoms with Crippen LogP contribution in [0.1, 0.15) is 82.4 Å². The van der Waals surface area contributed by atoms with Crippen LogP contribution in [0.4, 0.5) is 0 Å². The summed E-state index contributed by atoms with van der Waals surface area (Å²) in [5.74, 6) is 7.90. The third kappa shape index (κ3) is 4.65. The van der Waals surface area contributed by atoms with Crippen molar-refractivity contribution >= 4 is 17.7 Å². The number of hydrogen-bond donors (Lipinski definition) is 2. The fraction of sp³-hybridized carbons (Fsp3) is 0.824. The third-order valence-electron chi connectivity index (χ3n) is 5.21. The van der Waals surface area contributed by atoms with E-state index in [1.807, 2.05) is 0 Å². The van der Waals surface area contributed by atoms with Crippen LogP contribution in [0.15, 0.2) is 5.16 Å². The van der Waals surface area contributed by atoms with Gasteiger partial charge in [0.05, 0.1) is 5.75 Å². The van der Waals surface area contributed by atoms with Crippen molar-refractivity contribution in [3.05, 3.63) is 5.82 Å². The lowest BCUT2D eigenvalue weighted by atomic mass is 9.89. The van der Waals surface area contributed by atoms with E-state index in [4.69, 9.17) is 5.84 Å². The Morgan fingerprint density at radius 1 is 1.04 bits per heavy atom. The quantitative estimate of drug-likeness (QED) is 0.484. The Bertz CT molecular complexity index is 533. The molecule has 6 nitrogen and oxygen atoms in total. The lowest BCUT2D eigenvalue weighted by Crippen LogP contribution is -2.35. The van der Waals surface area contributed by atoms with Crippen molar-refractivity contribution in [3.8, 4) is 0 Å². The van der Waals surface area contributed by atoms with Gasteiger partial charge < -0.3 is 11.2 Å². The standard InChI is InChI=1S/C17H29N5OS/c18-22-16(13-8-4-3-5-9-13)20-21-17(22)24-12-15(23)19-14-10-6-1-2-7-11-14/h13-14H,1-12,18H2,(H,19,23). The van der Waals surface area contributed by atoms with E-state index in [2.05, 4.69) is 15.5 Å². The minimum atomic E-state index is 0.0779. The van der Waals surface area contributed by atoms with Gasteiger partial charge >= 0.3 is 0 Å². The van der Waals surface area contributed by atoms with Gasteiger partial charge in [-0.3, -0.25) is 4.79 Å². The van der Waals surface area contributed by atoms with Crippen LogP contribution in [0.2, 0.25) is 0 Å². The van der Waals surface area contributed by atoms with Gasteiger partial charge in [0.1, 0.15) is 0 Å². The normalized spacial score (nSPS) is 20.7. The number of hydrogen-bond acceptors (Lipinski definition) is 5. The predicted octanol–water partition coefficient (Wildman–Crippen LogP) is 2.97. The second-order valence-corrected chi connectivity index (χ2v) is 8.03. The maximum atomic E-state index is 12.2. The predicted molar refractivity (Wildman–Crippen MR) is 96.4 cm³/mol. The molecule has 3 N–H and O–H groups in total. The minimum Gasteiger partial charge on any atom is -0.353 e. The molecule has 134 valence electrons. The molecule has 2 fully saturated rings. The fourth-order valence-corrected chi connectivity index (χ4v) is 4.52. The van der Waals surface area contributed by atoms with Crippen molar-refractivity contribution in [1.29, 1.82) is 0 Å². The summed E-state index contributed by atoms with van der Waals surface area (Å²) in [7, 11) is 0. The molecular weight excluding hydrogens is 322 g/mol. The van der Waals surface area contributed by atoms with Gasteiger partial charge in [0.25, 0.3) is 0 Å². The maximum absolute atomic E-state index is 12.2. The fourth-order valence-electron chi connectivity index (χ4n) is 3.85. The summed E-state index contributed by atoms with van der Waals surface area (Å²) in [6.45, 7) is 0. The SMILES string of the molecule is Nn1c(SCC(=O)NC2CCCCCC2)nnc1C1CCCCC1. The number of nitrogens with one attached hydrogen (secondary N) is 1. The van der Waals surface area contributed by atoms with Gasteiger partial charge in [0.15, 0.2) is 5.82 Å². The Morgan fingerprint density at radius 3 is 2.38 bits per heavy atom. The Labute approximate surface area is 148 Å². The first-order valence-corrected chi connectivity index (χ1v) is 10.3. The zero-order chi connectivity index (χ0) is 16.8. The van der Waals surface area contributed by atoms with E-state index in [1.165, 1.54) is 56.7 Å². The summed E-state index contributed by atoms with van der Waals surface area (Å²) >= 11 is 1.39. The molecule has 2 aliphatic carbocycles. The highest BCUT2D eigenvalue weighted by Crippen LogP contribution is 2.32. The summed E-state index contributed by atoms with van der Waals surface area (Å²) in [6, 6.07) is 0.342. The number of nitrogens with zero attached hydrogens (tertiary/aromatic N) is 3. The van der Waals surface area contributed by atoms with Crippen LogP contribution in [-0.4, -0.2) is 32.6 Å². The van der Waals surface area contributed by atoms with Crippen molar-refractivity contribution in [2.75, 3.05) is 11.6 Å². The number of thioether (sulfide) groups is 1. The first-order chi connectivity index (χ1) is 11.7. The third-order valence-corrected chi connectivity index (χ3v) is 6.16. The second-order valence-electron chi connectivity index (χ2n) is 7.09. The summed E-state index contributed by atoms with van der Waals surface area (Å²) in [4.78, 5) is 12.2. The monoisotopic (exact) mass is 351 g/mol. The van der Waals surface area contributed by atoms with Crippen LogP contribution in [0.5, 0.6) is 0 Å². The molecule has 0 atom stereocenters. The summed E-state index contributed by atoms with van der Waals surface area (Å²) in [6.07, 6.45) is 13.3. The highest BCUT2D eigenvalue weighted by atomic mass is 32.2. The molecular formula is C17H29N5OS. The van der Waals surface area contributed by atoms with Gasteiger partial charge in [-0.2, -0.15) is 0 Å². The van der Waals surface area contributed by atoms with Crippen LogP contribution in [0.3, 0.4) is 0 Å². The van der Waals surface area contributed by atoms with Crippen LogP contribution in [0, 0.1) is 0 Å². The van der Waals surface area contributed by atoms with Crippen LogP contribution in [-0.2, 0) is 4.79 Å². The van der Waals surface area contributed by atoms with Crippen molar-refractivity contribution < 1.29 is 4.79 Å². The van der Waals surface area contributed by atoms with Gasteiger partial charge in [0, 0.05) is 12.0 Å². The number of carbonyl (C=O) groups is 1. The maximum Gasteiger partial charge on any atom is 0.230 e. The number of rotatable bonds is 5. The molecule has 2 aliphatic rings. The molecule has 1 amide bonds. The lowest BCUT2D eigenvalue weighted by molar-refractivity contribution is -0.119. The van der Waals surface area contributed by atoms with E-state index >= 15 is 0 Å². The topological polar surface area (TPSA) is 85.8 Å². The highest BCUT2D eigenvalue weighted by Gasteiger charge is 2.23. The number of carbonyl (C=O) groups excluding carboxylic acids is 1. The molecule has 3 rings (SSSR count). The van der Waals surface area contributed by atoms with Gasteiger partial charge in [-0.15, -0.1) is 10.2 Å². The number of aromatic nitrogens is 3. The van der Waals surface area contributed by atoms with Crippen molar-refractivity contribution in [2.24, 2.45) is 0 Å². The molecule has 1 heterocycles. The molecule has 1 aromatic rings. The van der Waals surface area contributed by atoms with Gasteiger partial charge in [-0.1, -0.05) is 56.7 Å². The molecule has 0 saturated heterocycles. The smallest absolute Gasteiger partial charge is 0.230 e. The molecule has 1 aromatic heterocycles. The zero-order valence-electron chi connectivity index (χ0n) is 14.4. The first kappa shape index (κ1) is 17.6. The van der Waals surface area contributed by atoms with Crippen LogP contribution >= 0.6 is 11.8 Å². The molecule has 7 heteroatoms.